The van der Waals surface area contributed by atoms with Crippen LogP contribution < -0.4 is 0 Å². The number of piperazine rings is 1. The molecule has 1 aromatic heterocycles. The molecule has 1 unspecified atom stereocenters. The van der Waals surface area contributed by atoms with E-state index in [9.17, 15) is 13.8 Å². The molecule has 1 saturated heterocycles. The summed E-state index contributed by atoms with van der Waals surface area (Å²) in [5.41, 5.74) is 2.54. The SMILES string of the molecule is CN(C)C(=O)N1CCN(C(=O)CS(=O)Cc2ccc3oc4ccccc4c3c2)CC1. The third kappa shape index (κ3) is 4.18. The molecule has 1 atom stereocenters. The van der Waals surface area contributed by atoms with Crippen LogP contribution in [0.25, 0.3) is 21.9 Å². The lowest BCUT2D eigenvalue weighted by Crippen LogP contribution is -2.53. The van der Waals surface area contributed by atoms with Crippen molar-refractivity contribution in [2.75, 3.05) is 46.0 Å². The quantitative estimate of drug-likeness (QED) is 0.642. The minimum atomic E-state index is -1.30. The highest BCUT2D eigenvalue weighted by molar-refractivity contribution is 7.84. The number of furan rings is 1. The lowest BCUT2D eigenvalue weighted by Gasteiger charge is -2.35. The molecule has 3 aromatic rings. The fourth-order valence-corrected chi connectivity index (χ4v) is 4.87. The fraction of sp³-hybridized carbons (Fsp3) is 0.364. The van der Waals surface area contributed by atoms with Gasteiger partial charge in [-0.05, 0) is 23.8 Å². The average Bonchev–Trinajstić information content (AvgIpc) is 3.11. The zero-order valence-corrected chi connectivity index (χ0v) is 18.0. The maximum atomic E-state index is 12.6. The molecule has 4 rings (SSSR count). The van der Waals surface area contributed by atoms with E-state index in [1.54, 1.807) is 23.9 Å². The molecule has 3 amide bonds. The Hall–Kier alpha value is -2.87. The van der Waals surface area contributed by atoms with Crippen molar-refractivity contribution < 1.29 is 18.2 Å². The molecule has 8 heteroatoms. The monoisotopic (exact) mass is 427 g/mol. The van der Waals surface area contributed by atoms with E-state index in [1.807, 2.05) is 42.5 Å². The first kappa shape index (κ1) is 20.4. The molecule has 1 aliphatic rings. The van der Waals surface area contributed by atoms with Gasteiger partial charge in [0.1, 0.15) is 16.9 Å². The number of hydrogen-bond acceptors (Lipinski definition) is 4. The van der Waals surface area contributed by atoms with Crippen molar-refractivity contribution in [3.05, 3.63) is 48.0 Å². The van der Waals surface area contributed by atoms with Gasteiger partial charge in [0.25, 0.3) is 0 Å². The highest BCUT2D eigenvalue weighted by atomic mass is 32.2. The molecular weight excluding hydrogens is 402 g/mol. The molecule has 0 N–H and O–H groups in total. The molecule has 0 bridgehead atoms. The molecule has 7 nitrogen and oxygen atoms in total. The smallest absolute Gasteiger partial charge is 0.319 e. The molecule has 0 saturated carbocycles. The second kappa shape index (κ2) is 8.47. The number of carbonyl (C=O) groups excluding carboxylic acids is 2. The Balaban J connectivity index is 1.36. The third-order valence-corrected chi connectivity index (χ3v) is 6.56. The first-order valence-electron chi connectivity index (χ1n) is 9.91. The summed E-state index contributed by atoms with van der Waals surface area (Å²) in [4.78, 5) is 29.5. The molecule has 1 aliphatic heterocycles. The molecule has 0 spiro atoms. The molecule has 1 fully saturated rings. The van der Waals surface area contributed by atoms with Gasteiger partial charge in [0.2, 0.25) is 5.91 Å². The second-order valence-corrected chi connectivity index (χ2v) is 9.16. The summed E-state index contributed by atoms with van der Waals surface area (Å²) < 4.78 is 18.5. The van der Waals surface area contributed by atoms with Crippen LogP contribution in [0.5, 0.6) is 0 Å². The van der Waals surface area contributed by atoms with Gasteiger partial charge in [-0.2, -0.15) is 0 Å². The molecule has 2 aromatic carbocycles. The van der Waals surface area contributed by atoms with Crippen molar-refractivity contribution in [3.63, 3.8) is 0 Å². The van der Waals surface area contributed by atoms with Crippen LogP contribution in [0.1, 0.15) is 5.56 Å². The van der Waals surface area contributed by atoms with E-state index in [2.05, 4.69) is 0 Å². The van der Waals surface area contributed by atoms with E-state index < -0.39 is 10.8 Å². The van der Waals surface area contributed by atoms with Gasteiger partial charge in [-0.25, -0.2) is 4.79 Å². The van der Waals surface area contributed by atoms with Crippen molar-refractivity contribution in [1.29, 1.82) is 0 Å². The zero-order chi connectivity index (χ0) is 21.3. The normalized spacial score (nSPS) is 15.5. The van der Waals surface area contributed by atoms with Crippen molar-refractivity contribution in [3.8, 4) is 0 Å². The summed E-state index contributed by atoms with van der Waals surface area (Å²) in [6.07, 6.45) is 0. The Kier molecular flexibility index (Phi) is 5.76. The number of amides is 3. The van der Waals surface area contributed by atoms with E-state index in [0.717, 1.165) is 27.5 Å². The number of fused-ring (bicyclic) bond motifs is 3. The first-order valence-corrected chi connectivity index (χ1v) is 11.4. The highest BCUT2D eigenvalue weighted by Crippen LogP contribution is 2.29. The van der Waals surface area contributed by atoms with Gasteiger partial charge in [0, 0.05) is 67.6 Å². The number of benzene rings is 2. The molecular formula is C22H25N3O4S. The average molecular weight is 428 g/mol. The molecule has 158 valence electrons. The standard InChI is InChI=1S/C22H25N3O4S/c1-23(2)22(27)25-11-9-24(10-12-25)21(26)15-30(28)14-16-7-8-20-18(13-16)17-5-3-4-6-19(17)29-20/h3-8,13H,9-12,14-15H2,1-2H3. The lowest BCUT2D eigenvalue weighted by molar-refractivity contribution is -0.129. The molecule has 2 heterocycles. The number of hydrogen-bond donors (Lipinski definition) is 0. The minimum absolute atomic E-state index is 0.00814. The summed E-state index contributed by atoms with van der Waals surface area (Å²) in [6, 6.07) is 13.6. The Morgan fingerprint density at radius 3 is 2.37 bits per heavy atom. The van der Waals surface area contributed by atoms with Gasteiger partial charge in [0.05, 0.1) is 0 Å². The predicted octanol–water partition coefficient (Wildman–Crippen LogP) is 2.66. The van der Waals surface area contributed by atoms with E-state index in [0.29, 0.717) is 31.9 Å². The van der Waals surface area contributed by atoms with Crippen LogP contribution in [-0.2, 0) is 21.3 Å². The summed E-state index contributed by atoms with van der Waals surface area (Å²) in [7, 11) is 2.13. The predicted molar refractivity (Wildman–Crippen MR) is 118 cm³/mol. The first-order chi connectivity index (χ1) is 14.4. The van der Waals surface area contributed by atoms with Crippen molar-refractivity contribution in [1.82, 2.24) is 14.7 Å². The Bertz CT molecular complexity index is 1120. The van der Waals surface area contributed by atoms with Gasteiger partial charge >= 0.3 is 6.03 Å². The van der Waals surface area contributed by atoms with Crippen molar-refractivity contribution >= 4 is 44.7 Å². The van der Waals surface area contributed by atoms with Crippen LogP contribution in [0.15, 0.2) is 46.9 Å². The summed E-state index contributed by atoms with van der Waals surface area (Å²) in [5, 5.41) is 2.02. The number of nitrogens with zero attached hydrogens (tertiary/aromatic N) is 3. The van der Waals surface area contributed by atoms with E-state index in [-0.39, 0.29) is 17.7 Å². The van der Waals surface area contributed by atoms with Crippen LogP contribution in [0.4, 0.5) is 4.79 Å². The number of para-hydroxylation sites is 1. The largest absolute Gasteiger partial charge is 0.456 e. The van der Waals surface area contributed by atoms with E-state index in [4.69, 9.17) is 4.42 Å². The minimum Gasteiger partial charge on any atom is -0.456 e. The van der Waals surface area contributed by atoms with Crippen LogP contribution in [0.2, 0.25) is 0 Å². The topological polar surface area (TPSA) is 74.1 Å². The second-order valence-electron chi connectivity index (χ2n) is 7.70. The van der Waals surface area contributed by atoms with Crippen molar-refractivity contribution in [2.45, 2.75) is 5.75 Å². The van der Waals surface area contributed by atoms with E-state index >= 15 is 0 Å². The van der Waals surface area contributed by atoms with Crippen LogP contribution in [0.3, 0.4) is 0 Å². The number of rotatable bonds is 4. The van der Waals surface area contributed by atoms with Gasteiger partial charge < -0.3 is 19.1 Å². The number of carbonyl (C=O) groups is 2. The van der Waals surface area contributed by atoms with Gasteiger partial charge in [-0.3, -0.25) is 9.00 Å². The van der Waals surface area contributed by atoms with Crippen LogP contribution >= 0.6 is 0 Å². The third-order valence-electron chi connectivity index (χ3n) is 5.34. The Morgan fingerprint density at radius 2 is 1.63 bits per heavy atom. The van der Waals surface area contributed by atoms with E-state index in [1.165, 1.54) is 4.90 Å². The van der Waals surface area contributed by atoms with Gasteiger partial charge in [-0.1, -0.05) is 24.3 Å². The molecule has 30 heavy (non-hydrogen) atoms. The zero-order valence-electron chi connectivity index (χ0n) is 17.2. The van der Waals surface area contributed by atoms with Crippen LogP contribution in [-0.4, -0.2) is 76.9 Å². The summed E-state index contributed by atoms with van der Waals surface area (Å²) in [6.45, 7) is 1.95. The Morgan fingerprint density at radius 1 is 0.967 bits per heavy atom. The van der Waals surface area contributed by atoms with Gasteiger partial charge in [-0.15, -0.1) is 0 Å². The lowest BCUT2D eigenvalue weighted by atomic mass is 10.1. The maximum Gasteiger partial charge on any atom is 0.319 e. The Labute approximate surface area is 177 Å². The maximum absolute atomic E-state index is 12.6. The van der Waals surface area contributed by atoms with Crippen LogP contribution in [0, 0.1) is 0 Å². The van der Waals surface area contributed by atoms with Gasteiger partial charge in [0.15, 0.2) is 0 Å². The highest BCUT2D eigenvalue weighted by Gasteiger charge is 2.25. The van der Waals surface area contributed by atoms with Crippen molar-refractivity contribution in [2.24, 2.45) is 0 Å². The number of urea groups is 1. The molecule has 0 aliphatic carbocycles. The fourth-order valence-electron chi connectivity index (χ4n) is 3.76. The molecule has 0 radical (unpaired) electrons. The summed E-state index contributed by atoms with van der Waals surface area (Å²) >= 11 is 0. The summed E-state index contributed by atoms with van der Waals surface area (Å²) in [5.74, 6) is 0.187.